The first-order valence-electron chi connectivity index (χ1n) is 4.10. The molecule has 2 rings (SSSR count). The molecule has 0 aliphatic heterocycles. The maximum Gasteiger partial charge on any atom is 0.0742 e. The number of hydrogen-bond donors (Lipinski definition) is 2. The Hall–Kier alpha value is -1.19. The van der Waals surface area contributed by atoms with Crippen LogP contribution in [0, 0.1) is 0 Å². The van der Waals surface area contributed by atoms with Gasteiger partial charge in [0, 0.05) is 11.1 Å². The Kier molecular flexibility index (Phi) is 2.61. The minimum absolute atomic E-state index is 0.574. The number of thiophene rings is 1. The summed E-state index contributed by atoms with van der Waals surface area (Å²) in [5, 5.41) is 7.79. The van der Waals surface area contributed by atoms with Crippen molar-refractivity contribution >= 4 is 40.0 Å². The van der Waals surface area contributed by atoms with E-state index in [1.165, 1.54) is 0 Å². The van der Waals surface area contributed by atoms with Crippen LogP contribution in [0.5, 0.6) is 0 Å². The molecular weight excluding hydrogens is 216 g/mol. The molecule has 4 heteroatoms. The van der Waals surface area contributed by atoms with Gasteiger partial charge in [-0.15, -0.1) is 0 Å². The fourth-order valence-corrected chi connectivity index (χ4v) is 1.90. The van der Waals surface area contributed by atoms with Crippen LogP contribution in [0.25, 0.3) is 0 Å². The average molecular weight is 225 g/mol. The third-order valence-corrected chi connectivity index (χ3v) is 2.87. The molecule has 0 atom stereocenters. The summed E-state index contributed by atoms with van der Waals surface area (Å²) in [5.74, 6) is 0. The van der Waals surface area contributed by atoms with Crippen LogP contribution >= 0.6 is 22.9 Å². The molecular formula is C10H9ClN2S. The SMILES string of the molecule is Nc1c(Cl)cccc1Nc1ccsc1. The molecule has 3 N–H and O–H groups in total. The van der Waals surface area contributed by atoms with Crippen molar-refractivity contribution in [2.45, 2.75) is 0 Å². The molecule has 0 aliphatic carbocycles. The first-order valence-corrected chi connectivity index (χ1v) is 5.42. The zero-order valence-corrected chi connectivity index (χ0v) is 8.90. The van der Waals surface area contributed by atoms with E-state index in [0.717, 1.165) is 11.4 Å². The van der Waals surface area contributed by atoms with Gasteiger partial charge in [-0.1, -0.05) is 17.7 Å². The van der Waals surface area contributed by atoms with Crippen molar-refractivity contribution in [3.63, 3.8) is 0 Å². The standard InChI is InChI=1S/C10H9ClN2S/c11-8-2-1-3-9(10(8)12)13-7-4-5-14-6-7/h1-6,13H,12H2. The van der Waals surface area contributed by atoms with Crippen LogP contribution in [-0.4, -0.2) is 0 Å². The van der Waals surface area contributed by atoms with Crippen LogP contribution < -0.4 is 11.1 Å². The molecule has 0 aliphatic rings. The van der Waals surface area contributed by atoms with E-state index in [-0.39, 0.29) is 0 Å². The number of nitrogen functional groups attached to an aromatic ring is 1. The summed E-state index contributed by atoms with van der Waals surface area (Å²) in [7, 11) is 0. The molecule has 14 heavy (non-hydrogen) atoms. The summed E-state index contributed by atoms with van der Waals surface area (Å²) < 4.78 is 0. The van der Waals surface area contributed by atoms with Crippen LogP contribution in [0.2, 0.25) is 5.02 Å². The van der Waals surface area contributed by atoms with Crippen molar-refractivity contribution in [1.82, 2.24) is 0 Å². The van der Waals surface area contributed by atoms with E-state index in [1.54, 1.807) is 17.4 Å². The van der Waals surface area contributed by atoms with Gasteiger partial charge < -0.3 is 11.1 Å². The average Bonchev–Trinajstić information content (AvgIpc) is 2.66. The lowest BCUT2D eigenvalue weighted by atomic mass is 10.2. The van der Waals surface area contributed by atoms with Gasteiger partial charge in [0.2, 0.25) is 0 Å². The number of rotatable bonds is 2. The lowest BCUT2D eigenvalue weighted by molar-refractivity contribution is 1.58. The summed E-state index contributed by atoms with van der Waals surface area (Å²) in [6.07, 6.45) is 0. The summed E-state index contributed by atoms with van der Waals surface area (Å²) in [6.45, 7) is 0. The predicted molar refractivity (Wildman–Crippen MR) is 63.5 cm³/mol. The van der Waals surface area contributed by atoms with Crippen molar-refractivity contribution in [1.29, 1.82) is 0 Å². The summed E-state index contributed by atoms with van der Waals surface area (Å²) >= 11 is 7.52. The van der Waals surface area contributed by atoms with Crippen LogP contribution in [0.4, 0.5) is 17.1 Å². The maximum absolute atomic E-state index is 5.89. The Bertz CT molecular complexity index is 426. The van der Waals surface area contributed by atoms with Crippen LogP contribution in [0.15, 0.2) is 35.0 Å². The zero-order valence-electron chi connectivity index (χ0n) is 7.33. The van der Waals surface area contributed by atoms with Crippen LogP contribution in [0.3, 0.4) is 0 Å². The fraction of sp³-hybridized carbons (Fsp3) is 0. The Morgan fingerprint density at radius 2 is 2.14 bits per heavy atom. The summed E-state index contributed by atoms with van der Waals surface area (Å²) in [4.78, 5) is 0. The molecule has 0 amide bonds. The predicted octanol–water partition coefficient (Wildman–Crippen LogP) is 3.73. The Morgan fingerprint density at radius 3 is 2.86 bits per heavy atom. The third-order valence-electron chi connectivity index (χ3n) is 1.85. The molecule has 0 fully saturated rings. The second kappa shape index (κ2) is 3.90. The van der Waals surface area contributed by atoms with Crippen LogP contribution in [0.1, 0.15) is 0 Å². The van der Waals surface area contributed by atoms with Crippen molar-refractivity contribution in [3.8, 4) is 0 Å². The number of hydrogen-bond acceptors (Lipinski definition) is 3. The molecule has 1 aromatic heterocycles. The largest absolute Gasteiger partial charge is 0.396 e. The first kappa shape index (κ1) is 9.37. The highest BCUT2D eigenvalue weighted by Crippen LogP contribution is 2.29. The molecule has 0 radical (unpaired) electrons. The number of anilines is 3. The van der Waals surface area contributed by atoms with Gasteiger partial charge in [0.25, 0.3) is 0 Å². The summed E-state index contributed by atoms with van der Waals surface area (Å²) in [6, 6.07) is 7.53. The number of nitrogens with one attached hydrogen (secondary N) is 1. The molecule has 2 nitrogen and oxygen atoms in total. The number of para-hydroxylation sites is 1. The number of nitrogens with two attached hydrogens (primary N) is 1. The number of benzene rings is 1. The van der Waals surface area contributed by atoms with E-state index in [1.807, 2.05) is 29.0 Å². The molecule has 0 saturated carbocycles. The smallest absolute Gasteiger partial charge is 0.0742 e. The van der Waals surface area contributed by atoms with Gasteiger partial charge in [-0.2, -0.15) is 11.3 Å². The molecule has 0 spiro atoms. The van der Waals surface area contributed by atoms with Gasteiger partial charge in [-0.05, 0) is 23.6 Å². The molecule has 1 aromatic carbocycles. The van der Waals surface area contributed by atoms with Crippen molar-refractivity contribution in [2.75, 3.05) is 11.1 Å². The van der Waals surface area contributed by atoms with Gasteiger partial charge in [0.15, 0.2) is 0 Å². The van der Waals surface area contributed by atoms with Gasteiger partial charge in [-0.25, -0.2) is 0 Å². The van der Waals surface area contributed by atoms with Gasteiger partial charge >= 0.3 is 0 Å². The lowest BCUT2D eigenvalue weighted by Crippen LogP contribution is -1.95. The molecule has 0 bridgehead atoms. The van der Waals surface area contributed by atoms with Gasteiger partial charge in [0.05, 0.1) is 16.4 Å². The first-order chi connectivity index (χ1) is 6.77. The lowest BCUT2D eigenvalue weighted by Gasteiger charge is -2.08. The Balaban J connectivity index is 2.29. The highest BCUT2D eigenvalue weighted by molar-refractivity contribution is 7.08. The van der Waals surface area contributed by atoms with Crippen molar-refractivity contribution in [2.24, 2.45) is 0 Å². The second-order valence-electron chi connectivity index (χ2n) is 2.84. The molecule has 72 valence electrons. The molecule has 0 unspecified atom stereocenters. The van der Waals surface area contributed by atoms with E-state index in [9.17, 15) is 0 Å². The monoisotopic (exact) mass is 224 g/mol. The minimum atomic E-state index is 0.574. The Morgan fingerprint density at radius 1 is 1.29 bits per heavy atom. The van der Waals surface area contributed by atoms with Gasteiger partial charge in [0.1, 0.15) is 0 Å². The second-order valence-corrected chi connectivity index (χ2v) is 4.03. The minimum Gasteiger partial charge on any atom is -0.396 e. The third kappa shape index (κ3) is 1.84. The summed E-state index contributed by atoms with van der Waals surface area (Å²) in [5.41, 5.74) is 8.27. The quantitative estimate of drug-likeness (QED) is 0.763. The van der Waals surface area contributed by atoms with Crippen LogP contribution in [-0.2, 0) is 0 Å². The van der Waals surface area contributed by atoms with E-state index < -0.39 is 0 Å². The highest BCUT2D eigenvalue weighted by atomic mass is 35.5. The Labute approximate surface area is 91.3 Å². The van der Waals surface area contributed by atoms with E-state index in [4.69, 9.17) is 17.3 Å². The molecule has 1 heterocycles. The van der Waals surface area contributed by atoms with E-state index in [0.29, 0.717) is 10.7 Å². The van der Waals surface area contributed by atoms with Crippen molar-refractivity contribution in [3.05, 3.63) is 40.0 Å². The highest BCUT2D eigenvalue weighted by Gasteiger charge is 2.02. The molecule has 0 saturated heterocycles. The topological polar surface area (TPSA) is 38.0 Å². The van der Waals surface area contributed by atoms with Crippen molar-refractivity contribution < 1.29 is 0 Å². The molecule has 2 aromatic rings. The maximum atomic E-state index is 5.89. The fourth-order valence-electron chi connectivity index (χ4n) is 1.14. The van der Waals surface area contributed by atoms with E-state index in [2.05, 4.69) is 5.32 Å². The zero-order chi connectivity index (χ0) is 9.97. The number of halogens is 1. The van der Waals surface area contributed by atoms with Gasteiger partial charge in [-0.3, -0.25) is 0 Å². The normalized spacial score (nSPS) is 10.1. The van der Waals surface area contributed by atoms with E-state index >= 15 is 0 Å².